The van der Waals surface area contributed by atoms with Gasteiger partial charge in [-0.05, 0) is 38.5 Å². The van der Waals surface area contributed by atoms with Crippen molar-refractivity contribution in [1.82, 2.24) is 0 Å². The molecule has 0 aromatic rings. The van der Waals surface area contributed by atoms with Crippen LogP contribution in [0.1, 0.15) is 58.3 Å². The van der Waals surface area contributed by atoms with E-state index >= 15 is 0 Å². The fourth-order valence-corrected chi connectivity index (χ4v) is 2.12. The summed E-state index contributed by atoms with van der Waals surface area (Å²) in [4.78, 5) is 0. The van der Waals surface area contributed by atoms with Crippen LogP contribution in [0.25, 0.3) is 0 Å². The van der Waals surface area contributed by atoms with Crippen molar-refractivity contribution >= 4 is 0 Å². The standard InChI is InChI=1S/C17H28O/c1-3-5-7-9-11-13-15-17-16(18-17)14-12-10-8-6-4-2/h4-5,7,11,13,16-17H,2-3,6,8-10,12,14-15H2,1H3/b7-5?,13-11-. The molecule has 0 spiro atoms. The number of rotatable bonds is 11. The van der Waals surface area contributed by atoms with Gasteiger partial charge >= 0.3 is 0 Å². The van der Waals surface area contributed by atoms with E-state index in [0.29, 0.717) is 12.2 Å². The van der Waals surface area contributed by atoms with Crippen LogP contribution in [0.4, 0.5) is 0 Å². The summed E-state index contributed by atoms with van der Waals surface area (Å²) in [6.45, 7) is 5.91. The van der Waals surface area contributed by atoms with E-state index in [-0.39, 0.29) is 0 Å². The lowest BCUT2D eigenvalue weighted by molar-refractivity contribution is 0.359. The van der Waals surface area contributed by atoms with Gasteiger partial charge in [0.05, 0.1) is 12.2 Å². The maximum Gasteiger partial charge on any atom is 0.0876 e. The van der Waals surface area contributed by atoms with Crippen LogP contribution in [-0.2, 0) is 4.74 Å². The highest BCUT2D eigenvalue weighted by molar-refractivity contribution is 4.97. The van der Waals surface area contributed by atoms with Gasteiger partial charge in [-0.25, -0.2) is 0 Å². The van der Waals surface area contributed by atoms with E-state index in [4.69, 9.17) is 4.74 Å². The lowest BCUT2D eigenvalue weighted by Crippen LogP contribution is -1.92. The first-order chi connectivity index (χ1) is 8.88. The Kier molecular flexibility index (Phi) is 8.58. The van der Waals surface area contributed by atoms with Gasteiger partial charge in [-0.3, -0.25) is 0 Å². The van der Waals surface area contributed by atoms with Gasteiger partial charge in [0.2, 0.25) is 0 Å². The van der Waals surface area contributed by atoms with E-state index < -0.39 is 0 Å². The first-order valence-corrected chi connectivity index (χ1v) is 7.44. The zero-order valence-corrected chi connectivity index (χ0v) is 11.8. The zero-order chi connectivity index (χ0) is 13.1. The van der Waals surface area contributed by atoms with Crippen molar-refractivity contribution in [2.45, 2.75) is 70.5 Å². The Balaban J connectivity index is 1.90. The van der Waals surface area contributed by atoms with Crippen molar-refractivity contribution in [3.63, 3.8) is 0 Å². The van der Waals surface area contributed by atoms with Gasteiger partial charge in [-0.2, -0.15) is 0 Å². The molecule has 102 valence electrons. The Morgan fingerprint density at radius 3 is 2.61 bits per heavy atom. The molecule has 1 rings (SSSR count). The fraction of sp³-hybridized carbons (Fsp3) is 0.647. The van der Waals surface area contributed by atoms with Gasteiger partial charge in [0.25, 0.3) is 0 Å². The molecule has 1 heterocycles. The molecule has 0 aromatic carbocycles. The summed E-state index contributed by atoms with van der Waals surface area (Å²) in [5, 5.41) is 0. The molecule has 0 N–H and O–H groups in total. The normalized spacial score (nSPS) is 22.9. The van der Waals surface area contributed by atoms with E-state index in [1.807, 2.05) is 6.08 Å². The molecule has 18 heavy (non-hydrogen) atoms. The Bertz CT molecular complexity index is 265. The van der Waals surface area contributed by atoms with Crippen LogP contribution < -0.4 is 0 Å². The first kappa shape index (κ1) is 15.2. The third kappa shape index (κ3) is 7.50. The topological polar surface area (TPSA) is 12.5 Å². The maximum absolute atomic E-state index is 5.66. The lowest BCUT2D eigenvalue weighted by atomic mass is 10.1. The zero-order valence-electron chi connectivity index (χ0n) is 11.8. The van der Waals surface area contributed by atoms with E-state index in [1.54, 1.807) is 0 Å². The molecule has 1 nitrogen and oxygen atoms in total. The summed E-state index contributed by atoms with van der Waals surface area (Å²) >= 11 is 0. The Morgan fingerprint density at radius 2 is 1.83 bits per heavy atom. The maximum atomic E-state index is 5.66. The Labute approximate surface area is 113 Å². The number of ether oxygens (including phenoxy) is 1. The molecular weight excluding hydrogens is 220 g/mol. The molecular formula is C17H28O. The van der Waals surface area contributed by atoms with Gasteiger partial charge < -0.3 is 4.74 Å². The van der Waals surface area contributed by atoms with Crippen molar-refractivity contribution in [3.05, 3.63) is 37.0 Å². The number of unbranched alkanes of at least 4 members (excludes halogenated alkanes) is 3. The summed E-state index contributed by atoms with van der Waals surface area (Å²) in [7, 11) is 0. The SMILES string of the molecule is C=CCCCCCC1OC1C/C=C\CC=CCC. The predicted octanol–water partition coefficient (Wildman–Crippen LogP) is 5.19. The van der Waals surface area contributed by atoms with Crippen molar-refractivity contribution in [2.75, 3.05) is 0 Å². The summed E-state index contributed by atoms with van der Waals surface area (Å²) in [5.41, 5.74) is 0. The smallest absolute Gasteiger partial charge is 0.0876 e. The van der Waals surface area contributed by atoms with Gasteiger partial charge in [-0.1, -0.05) is 50.1 Å². The summed E-state index contributed by atoms with van der Waals surface area (Å²) in [5.74, 6) is 0. The highest BCUT2D eigenvalue weighted by atomic mass is 16.6. The fourth-order valence-electron chi connectivity index (χ4n) is 2.12. The number of hydrogen-bond acceptors (Lipinski definition) is 1. The molecule has 2 unspecified atom stereocenters. The molecule has 0 radical (unpaired) electrons. The Morgan fingerprint density at radius 1 is 1.00 bits per heavy atom. The van der Waals surface area contributed by atoms with Crippen LogP contribution in [0.5, 0.6) is 0 Å². The third-order valence-corrected chi connectivity index (χ3v) is 3.29. The second-order valence-corrected chi connectivity index (χ2v) is 4.96. The number of epoxide rings is 1. The van der Waals surface area contributed by atoms with E-state index in [2.05, 4.69) is 37.8 Å². The second kappa shape index (κ2) is 10.1. The highest BCUT2D eigenvalue weighted by Crippen LogP contribution is 2.30. The lowest BCUT2D eigenvalue weighted by Gasteiger charge is -1.95. The second-order valence-electron chi connectivity index (χ2n) is 4.96. The number of allylic oxidation sites excluding steroid dienone is 4. The highest BCUT2D eigenvalue weighted by Gasteiger charge is 2.36. The van der Waals surface area contributed by atoms with Crippen LogP contribution >= 0.6 is 0 Å². The van der Waals surface area contributed by atoms with Crippen molar-refractivity contribution in [2.24, 2.45) is 0 Å². The van der Waals surface area contributed by atoms with E-state index in [0.717, 1.165) is 25.7 Å². The monoisotopic (exact) mass is 248 g/mol. The van der Waals surface area contributed by atoms with Gasteiger partial charge in [-0.15, -0.1) is 6.58 Å². The summed E-state index contributed by atoms with van der Waals surface area (Å²) in [6.07, 6.45) is 21.6. The summed E-state index contributed by atoms with van der Waals surface area (Å²) < 4.78 is 5.66. The molecule has 1 aliphatic rings. The Hall–Kier alpha value is -0.820. The van der Waals surface area contributed by atoms with Crippen LogP contribution in [-0.4, -0.2) is 12.2 Å². The predicted molar refractivity (Wildman–Crippen MR) is 79.7 cm³/mol. The molecule has 1 heteroatoms. The largest absolute Gasteiger partial charge is 0.369 e. The molecule has 0 bridgehead atoms. The van der Waals surface area contributed by atoms with Crippen LogP contribution in [0, 0.1) is 0 Å². The average Bonchev–Trinajstić information content (AvgIpc) is 3.12. The quantitative estimate of drug-likeness (QED) is 0.278. The molecule has 1 fully saturated rings. The van der Waals surface area contributed by atoms with Crippen LogP contribution in [0.15, 0.2) is 37.0 Å². The summed E-state index contributed by atoms with van der Waals surface area (Å²) in [6, 6.07) is 0. The molecule has 0 aliphatic carbocycles. The minimum absolute atomic E-state index is 0.510. The molecule has 1 saturated heterocycles. The molecule has 1 aliphatic heterocycles. The molecule has 0 aromatic heterocycles. The van der Waals surface area contributed by atoms with Gasteiger partial charge in [0, 0.05) is 0 Å². The van der Waals surface area contributed by atoms with Crippen LogP contribution in [0.3, 0.4) is 0 Å². The first-order valence-electron chi connectivity index (χ1n) is 7.44. The van der Waals surface area contributed by atoms with Crippen molar-refractivity contribution in [1.29, 1.82) is 0 Å². The molecule has 0 amide bonds. The molecule has 0 saturated carbocycles. The van der Waals surface area contributed by atoms with Gasteiger partial charge in [0.1, 0.15) is 0 Å². The minimum atomic E-state index is 0.510. The van der Waals surface area contributed by atoms with E-state index in [1.165, 1.54) is 25.7 Å². The van der Waals surface area contributed by atoms with Crippen LogP contribution in [0.2, 0.25) is 0 Å². The van der Waals surface area contributed by atoms with E-state index in [9.17, 15) is 0 Å². The number of hydrogen-bond donors (Lipinski definition) is 0. The van der Waals surface area contributed by atoms with Crippen molar-refractivity contribution in [3.8, 4) is 0 Å². The van der Waals surface area contributed by atoms with Gasteiger partial charge in [0.15, 0.2) is 0 Å². The third-order valence-electron chi connectivity index (χ3n) is 3.29. The molecule has 2 atom stereocenters. The average molecular weight is 248 g/mol. The van der Waals surface area contributed by atoms with Crippen molar-refractivity contribution < 1.29 is 4.74 Å². The minimum Gasteiger partial charge on any atom is -0.369 e.